The summed E-state index contributed by atoms with van der Waals surface area (Å²) in [4.78, 5) is 37.2. The second kappa shape index (κ2) is 9.78. The van der Waals surface area contributed by atoms with Gasteiger partial charge in [0.2, 0.25) is 5.91 Å². The normalized spacial score (nSPS) is 10.5. The van der Waals surface area contributed by atoms with Gasteiger partial charge in [-0.25, -0.2) is 0 Å². The van der Waals surface area contributed by atoms with E-state index in [2.05, 4.69) is 16.2 Å². The third kappa shape index (κ3) is 5.25. The zero-order chi connectivity index (χ0) is 23.2. The largest absolute Gasteiger partial charge is 0.322 e. The fraction of sp³-hybridized carbons (Fsp3) is 0.0741. The molecule has 0 radical (unpaired) electrons. The summed E-state index contributed by atoms with van der Waals surface area (Å²) in [5.41, 5.74) is 8.17. The van der Waals surface area contributed by atoms with Crippen molar-refractivity contribution in [2.75, 3.05) is 5.32 Å². The van der Waals surface area contributed by atoms with E-state index in [-0.39, 0.29) is 18.2 Å². The Morgan fingerprint density at radius 2 is 1.39 bits per heavy atom. The predicted molar refractivity (Wildman–Crippen MR) is 129 cm³/mol. The van der Waals surface area contributed by atoms with Gasteiger partial charge in [-0.2, -0.15) is 0 Å². The Bertz CT molecular complexity index is 1320. The van der Waals surface area contributed by atoms with Crippen molar-refractivity contribution < 1.29 is 14.4 Å². The van der Waals surface area contributed by atoms with E-state index in [0.29, 0.717) is 16.8 Å². The molecule has 0 atom stereocenters. The maximum atomic E-state index is 12.4. The van der Waals surface area contributed by atoms with E-state index < -0.39 is 5.91 Å². The zero-order valence-corrected chi connectivity index (χ0v) is 18.1. The Kier molecular flexibility index (Phi) is 6.45. The van der Waals surface area contributed by atoms with Gasteiger partial charge in [0.25, 0.3) is 11.8 Å². The van der Waals surface area contributed by atoms with Crippen molar-refractivity contribution in [3.8, 4) is 0 Å². The van der Waals surface area contributed by atoms with Crippen LogP contribution in [0.1, 0.15) is 31.8 Å². The predicted octanol–water partition coefficient (Wildman–Crippen LogP) is 4.40. The average molecular weight is 437 g/mol. The van der Waals surface area contributed by atoms with E-state index in [4.69, 9.17) is 0 Å². The van der Waals surface area contributed by atoms with Crippen molar-refractivity contribution in [1.82, 2.24) is 10.9 Å². The van der Waals surface area contributed by atoms with Crippen LogP contribution in [0, 0.1) is 6.92 Å². The first kappa shape index (κ1) is 21.8. The lowest BCUT2D eigenvalue weighted by molar-refractivity contribution is -0.121. The van der Waals surface area contributed by atoms with Crippen LogP contribution in [-0.2, 0) is 11.2 Å². The first-order valence-electron chi connectivity index (χ1n) is 10.5. The number of carbonyl (C=O) groups is 3. The molecule has 4 aromatic carbocycles. The van der Waals surface area contributed by atoms with Crippen LogP contribution in [0.25, 0.3) is 10.8 Å². The van der Waals surface area contributed by atoms with E-state index in [0.717, 1.165) is 21.9 Å². The first-order valence-corrected chi connectivity index (χ1v) is 10.5. The lowest BCUT2D eigenvalue weighted by atomic mass is 10.0. The summed E-state index contributed by atoms with van der Waals surface area (Å²) in [6, 6.07) is 27.4. The van der Waals surface area contributed by atoms with Crippen molar-refractivity contribution in [2.45, 2.75) is 13.3 Å². The molecular formula is C27H23N3O3. The number of aryl methyl sites for hydroxylation is 1. The quantitative estimate of drug-likeness (QED) is 0.404. The van der Waals surface area contributed by atoms with Crippen LogP contribution in [0.2, 0.25) is 0 Å². The van der Waals surface area contributed by atoms with E-state index in [1.165, 1.54) is 0 Å². The molecule has 33 heavy (non-hydrogen) atoms. The Labute approximate surface area is 191 Å². The van der Waals surface area contributed by atoms with Crippen LogP contribution in [0.4, 0.5) is 5.69 Å². The van der Waals surface area contributed by atoms with Gasteiger partial charge in [-0.1, -0.05) is 60.7 Å². The van der Waals surface area contributed by atoms with Gasteiger partial charge in [0.1, 0.15) is 0 Å². The summed E-state index contributed by atoms with van der Waals surface area (Å²) in [7, 11) is 0. The highest BCUT2D eigenvalue weighted by molar-refractivity contribution is 6.05. The van der Waals surface area contributed by atoms with Crippen molar-refractivity contribution in [2.24, 2.45) is 0 Å². The SMILES string of the molecule is Cc1ccccc1C(=O)Nc1ccc(C(=O)NNC(=O)Cc2cccc3ccccc23)cc1. The number of benzene rings is 4. The molecule has 0 saturated heterocycles. The maximum absolute atomic E-state index is 12.4. The molecule has 0 fully saturated rings. The molecule has 0 saturated carbocycles. The van der Waals surface area contributed by atoms with Gasteiger partial charge < -0.3 is 5.32 Å². The highest BCUT2D eigenvalue weighted by Gasteiger charge is 2.11. The number of rotatable bonds is 5. The number of hydrogen-bond donors (Lipinski definition) is 3. The van der Waals surface area contributed by atoms with Gasteiger partial charge in [-0.05, 0) is 59.2 Å². The monoisotopic (exact) mass is 437 g/mol. The third-order valence-corrected chi connectivity index (χ3v) is 5.34. The van der Waals surface area contributed by atoms with Gasteiger partial charge in [0.15, 0.2) is 0 Å². The number of hydrazine groups is 1. The van der Waals surface area contributed by atoms with E-state index >= 15 is 0 Å². The first-order chi connectivity index (χ1) is 16.0. The van der Waals surface area contributed by atoms with Crippen molar-refractivity contribution in [1.29, 1.82) is 0 Å². The lowest BCUT2D eigenvalue weighted by Gasteiger charge is -2.10. The topological polar surface area (TPSA) is 87.3 Å². The van der Waals surface area contributed by atoms with Crippen LogP contribution >= 0.6 is 0 Å². The van der Waals surface area contributed by atoms with Gasteiger partial charge in [-0.15, -0.1) is 0 Å². The molecule has 6 heteroatoms. The minimum Gasteiger partial charge on any atom is -0.322 e. The van der Waals surface area contributed by atoms with Crippen molar-refractivity contribution in [3.05, 3.63) is 113 Å². The van der Waals surface area contributed by atoms with Crippen molar-refractivity contribution in [3.63, 3.8) is 0 Å². The minimum absolute atomic E-state index is 0.144. The number of carbonyl (C=O) groups excluding carboxylic acids is 3. The molecule has 0 spiro atoms. The molecule has 0 aliphatic rings. The smallest absolute Gasteiger partial charge is 0.269 e. The molecule has 164 valence electrons. The number of hydrogen-bond acceptors (Lipinski definition) is 3. The Balaban J connectivity index is 1.32. The van der Waals surface area contributed by atoms with Gasteiger partial charge in [-0.3, -0.25) is 25.2 Å². The standard InChI is InChI=1S/C27H23N3O3/c1-18-7-2-4-11-23(18)27(33)28-22-15-13-20(14-16-22)26(32)30-29-25(31)17-21-10-6-9-19-8-3-5-12-24(19)21/h2-16H,17H2,1H3,(H,28,33)(H,29,31)(H,30,32). The summed E-state index contributed by atoms with van der Waals surface area (Å²) in [6.07, 6.45) is 0.144. The van der Waals surface area contributed by atoms with Gasteiger partial charge in [0, 0.05) is 16.8 Å². The lowest BCUT2D eigenvalue weighted by Crippen LogP contribution is -2.42. The molecule has 3 N–H and O–H groups in total. The summed E-state index contributed by atoms with van der Waals surface area (Å²) < 4.78 is 0. The minimum atomic E-state index is -0.446. The molecule has 6 nitrogen and oxygen atoms in total. The number of anilines is 1. The number of nitrogens with one attached hydrogen (secondary N) is 3. The van der Waals surface area contributed by atoms with Crippen LogP contribution in [0.15, 0.2) is 91.0 Å². The van der Waals surface area contributed by atoms with Crippen LogP contribution in [-0.4, -0.2) is 17.7 Å². The van der Waals surface area contributed by atoms with Crippen molar-refractivity contribution >= 4 is 34.2 Å². The summed E-state index contributed by atoms with van der Waals surface area (Å²) in [5.74, 6) is -0.981. The molecule has 0 unspecified atom stereocenters. The summed E-state index contributed by atoms with van der Waals surface area (Å²) >= 11 is 0. The fourth-order valence-electron chi connectivity index (χ4n) is 3.59. The van der Waals surface area contributed by atoms with Gasteiger partial charge in [0.05, 0.1) is 6.42 Å². The molecule has 0 heterocycles. The van der Waals surface area contributed by atoms with E-state index in [1.807, 2.05) is 67.6 Å². The van der Waals surface area contributed by atoms with Crippen LogP contribution < -0.4 is 16.2 Å². The summed E-state index contributed by atoms with van der Waals surface area (Å²) in [5, 5.41) is 4.88. The average Bonchev–Trinajstić information content (AvgIpc) is 2.83. The maximum Gasteiger partial charge on any atom is 0.269 e. The molecule has 4 rings (SSSR count). The number of fused-ring (bicyclic) bond motifs is 1. The van der Waals surface area contributed by atoms with E-state index in [1.54, 1.807) is 30.3 Å². The highest BCUT2D eigenvalue weighted by Crippen LogP contribution is 2.19. The Hall–Kier alpha value is -4.45. The highest BCUT2D eigenvalue weighted by atomic mass is 16.2. The van der Waals surface area contributed by atoms with E-state index in [9.17, 15) is 14.4 Å². The second-order valence-electron chi connectivity index (χ2n) is 7.66. The molecule has 3 amide bonds. The molecular weight excluding hydrogens is 414 g/mol. The Morgan fingerprint density at radius 3 is 2.18 bits per heavy atom. The van der Waals surface area contributed by atoms with Gasteiger partial charge >= 0.3 is 0 Å². The molecule has 4 aromatic rings. The second-order valence-corrected chi connectivity index (χ2v) is 7.66. The van der Waals surface area contributed by atoms with Crippen LogP contribution in [0.5, 0.6) is 0 Å². The molecule has 0 aliphatic carbocycles. The Morgan fingerprint density at radius 1 is 0.697 bits per heavy atom. The van der Waals surface area contributed by atoms with Crippen LogP contribution in [0.3, 0.4) is 0 Å². The molecule has 0 aromatic heterocycles. The molecule has 0 bridgehead atoms. The molecule has 0 aliphatic heterocycles. The fourth-order valence-corrected chi connectivity index (χ4v) is 3.59. The zero-order valence-electron chi connectivity index (χ0n) is 18.1. The number of amides is 3. The summed E-state index contributed by atoms with van der Waals surface area (Å²) in [6.45, 7) is 1.87. The third-order valence-electron chi connectivity index (χ3n) is 5.34.